The lowest BCUT2D eigenvalue weighted by Gasteiger charge is -2.38. The first kappa shape index (κ1) is 11.6. The number of anilines is 1. The third-order valence-electron chi connectivity index (χ3n) is 2.90. The van der Waals surface area contributed by atoms with E-state index in [2.05, 4.69) is 9.97 Å². The maximum atomic E-state index is 11.5. The van der Waals surface area contributed by atoms with E-state index in [0.29, 0.717) is 25.2 Å². The average molecular weight is 236 g/mol. The Morgan fingerprint density at radius 1 is 1.65 bits per heavy atom. The van der Waals surface area contributed by atoms with Gasteiger partial charge in [-0.25, -0.2) is 4.98 Å². The number of rotatable bonds is 3. The van der Waals surface area contributed by atoms with E-state index in [9.17, 15) is 9.59 Å². The van der Waals surface area contributed by atoms with Crippen molar-refractivity contribution in [1.29, 1.82) is 0 Å². The zero-order valence-electron chi connectivity index (χ0n) is 9.77. The molecule has 2 rings (SSSR count). The van der Waals surface area contributed by atoms with Crippen molar-refractivity contribution in [2.24, 2.45) is 0 Å². The third-order valence-corrected chi connectivity index (χ3v) is 2.90. The molecule has 1 saturated heterocycles. The largest absolute Gasteiger partial charge is 0.369 e. The summed E-state index contributed by atoms with van der Waals surface area (Å²) in [6, 6.07) is 1.45. The molecule has 0 aromatic carbocycles. The number of hydrogen-bond acceptors (Lipinski definition) is 4. The van der Waals surface area contributed by atoms with E-state index < -0.39 is 0 Å². The number of nitrogen functional groups attached to an aromatic ring is 1. The summed E-state index contributed by atoms with van der Waals surface area (Å²) in [5, 5.41) is 0. The minimum Gasteiger partial charge on any atom is -0.369 e. The Hall–Kier alpha value is -1.85. The summed E-state index contributed by atoms with van der Waals surface area (Å²) in [5.41, 5.74) is 5.90. The predicted molar refractivity (Wildman–Crippen MR) is 63.5 cm³/mol. The molecule has 1 aromatic rings. The molecule has 2 heterocycles. The van der Waals surface area contributed by atoms with Crippen LogP contribution in [0.5, 0.6) is 0 Å². The van der Waals surface area contributed by atoms with E-state index in [1.165, 1.54) is 6.07 Å². The van der Waals surface area contributed by atoms with Gasteiger partial charge in [0.2, 0.25) is 11.9 Å². The first-order valence-electron chi connectivity index (χ1n) is 5.74. The Balaban J connectivity index is 1.99. The van der Waals surface area contributed by atoms with Crippen molar-refractivity contribution < 1.29 is 4.79 Å². The highest BCUT2D eigenvalue weighted by atomic mass is 16.2. The first-order chi connectivity index (χ1) is 8.10. The van der Waals surface area contributed by atoms with Gasteiger partial charge in [0.25, 0.3) is 5.56 Å². The molecule has 17 heavy (non-hydrogen) atoms. The number of nitrogens with zero attached hydrogens (tertiary/aromatic N) is 2. The molecule has 3 N–H and O–H groups in total. The van der Waals surface area contributed by atoms with Gasteiger partial charge in [0, 0.05) is 31.5 Å². The van der Waals surface area contributed by atoms with Crippen molar-refractivity contribution in [2.75, 3.05) is 18.8 Å². The zero-order valence-corrected chi connectivity index (χ0v) is 9.77. The Morgan fingerprint density at radius 2 is 2.35 bits per heavy atom. The van der Waals surface area contributed by atoms with Crippen LogP contribution < -0.4 is 11.3 Å². The highest BCUT2D eigenvalue weighted by Gasteiger charge is 2.32. The summed E-state index contributed by atoms with van der Waals surface area (Å²) >= 11 is 0. The number of hydrogen-bond donors (Lipinski definition) is 2. The molecule has 6 nitrogen and oxygen atoms in total. The van der Waals surface area contributed by atoms with E-state index in [-0.39, 0.29) is 23.3 Å². The summed E-state index contributed by atoms with van der Waals surface area (Å²) < 4.78 is 0. The lowest BCUT2D eigenvalue weighted by molar-refractivity contribution is -0.135. The monoisotopic (exact) mass is 236 g/mol. The van der Waals surface area contributed by atoms with Gasteiger partial charge in [-0.1, -0.05) is 6.92 Å². The minimum absolute atomic E-state index is 0.130. The SMILES string of the molecule is CCCC(=O)N1CC(c2cc(=O)[nH]c(N)n2)C1. The maximum Gasteiger partial charge on any atom is 0.252 e. The Kier molecular flexibility index (Phi) is 3.12. The van der Waals surface area contributed by atoms with Crippen LogP contribution in [0.2, 0.25) is 0 Å². The molecule has 0 saturated carbocycles. The smallest absolute Gasteiger partial charge is 0.252 e. The van der Waals surface area contributed by atoms with Crippen molar-refractivity contribution >= 4 is 11.9 Å². The molecule has 0 aliphatic carbocycles. The average Bonchev–Trinajstić information content (AvgIpc) is 2.13. The van der Waals surface area contributed by atoms with E-state index in [4.69, 9.17) is 5.73 Å². The maximum absolute atomic E-state index is 11.5. The minimum atomic E-state index is -0.245. The van der Waals surface area contributed by atoms with Crippen LogP contribution in [0.3, 0.4) is 0 Å². The molecule has 0 bridgehead atoms. The van der Waals surface area contributed by atoms with Crippen molar-refractivity contribution in [3.8, 4) is 0 Å². The van der Waals surface area contributed by atoms with Crippen LogP contribution in [0.1, 0.15) is 31.4 Å². The highest BCUT2D eigenvalue weighted by Crippen LogP contribution is 2.25. The number of H-pyrrole nitrogens is 1. The predicted octanol–water partition coefficient (Wildman–Crippen LogP) is 0.0780. The number of nitrogens with two attached hydrogens (primary N) is 1. The molecule has 0 atom stereocenters. The summed E-state index contributed by atoms with van der Waals surface area (Å²) in [6.07, 6.45) is 1.44. The molecule has 92 valence electrons. The van der Waals surface area contributed by atoms with Gasteiger partial charge >= 0.3 is 0 Å². The van der Waals surface area contributed by atoms with Crippen molar-refractivity contribution in [3.63, 3.8) is 0 Å². The highest BCUT2D eigenvalue weighted by molar-refractivity contribution is 5.77. The second-order valence-corrected chi connectivity index (χ2v) is 4.30. The quantitative estimate of drug-likeness (QED) is 0.777. The van der Waals surface area contributed by atoms with E-state index >= 15 is 0 Å². The van der Waals surface area contributed by atoms with Crippen molar-refractivity contribution in [2.45, 2.75) is 25.7 Å². The van der Waals surface area contributed by atoms with Crippen LogP contribution in [-0.4, -0.2) is 33.9 Å². The van der Waals surface area contributed by atoms with Gasteiger partial charge in [-0.3, -0.25) is 14.6 Å². The third kappa shape index (κ3) is 2.46. The molecular formula is C11H16N4O2. The standard InChI is InChI=1S/C11H16N4O2/c1-2-3-10(17)15-5-7(6-15)8-4-9(16)14-11(12)13-8/h4,7H,2-3,5-6H2,1H3,(H3,12,13,14,16). The fraction of sp³-hybridized carbons (Fsp3) is 0.545. The molecule has 0 spiro atoms. The number of carbonyl (C=O) groups is 1. The lowest BCUT2D eigenvalue weighted by Crippen LogP contribution is -2.48. The molecule has 0 radical (unpaired) electrons. The molecule has 1 aliphatic rings. The number of aromatic nitrogens is 2. The Labute approximate surface area is 98.8 Å². The van der Waals surface area contributed by atoms with Crippen LogP contribution in [0, 0.1) is 0 Å². The fourth-order valence-corrected chi connectivity index (χ4v) is 1.95. The molecule has 1 fully saturated rings. The normalized spacial score (nSPS) is 15.7. The van der Waals surface area contributed by atoms with Crippen LogP contribution in [-0.2, 0) is 4.79 Å². The second-order valence-electron chi connectivity index (χ2n) is 4.30. The van der Waals surface area contributed by atoms with Crippen LogP contribution >= 0.6 is 0 Å². The molecule has 1 amide bonds. The Bertz CT molecular complexity index is 477. The summed E-state index contributed by atoms with van der Waals surface area (Å²) in [5.74, 6) is 0.438. The second kappa shape index (κ2) is 4.57. The number of nitrogens with one attached hydrogen (secondary N) is 1. The van der Waals surface area contributed by atoms with Crippen LogP contribution in [0.25, 0.3) is 0 Å². The topological polar surface area (TPSA) is 92.1 Å². The van der Waals surface area contributed by atoms with Gasteiger partial charge < -0.3 is 10.6 Å². The van der Waals surface area contributed by atoms with Gasteiger partial charge in [-0.2, -0.15) is 0 Å². The van der Waals surface area contributed by atoms with Gasteiger partial charge in [0.15, 0.2) is 0 Å². The van der Waals surface area contributed by atoms with E-state index in [1.807, 2.05) is 6.92 Å². The summed E-state index contributed by atoms with van der Waals surface area (Å²) in [6.45, 7) is 3.25. The van der Waals surface area contributed by atoms with Crippen LogP contribution in [0.15, 0.2) is 10.9 Å². The zero-order chi connectivity index (χ0) is 12.4. The number of amides is 1. The van der Waals surface area contributed by atoms with Gasteiger partial charge in [-0.15, -0.1) is 0 Å². The molecule has 1 aromatic heterocycles. The van der Waals surface area contributed by atoms with Crippen LogP contribution in [0.4, 0.5) is 5.95 Å². The number of carbonyl (C=O) groups excluding carboxylic acids is 1. The van der Waals surface area contributed by atoms with Gasteiger partial charge in [0.1, 0.15) is 0 Å². The lowest BCUT2D eigenvalue weighted by atomic mass is 9.95. The molecule has 0 unspecified atom stereocenters. The van der Waals surface area contributed by atoms with Gasteiger partial charge in [0.05, 0.1) is 5.69 Å². The molecule has 6 heteroatoms. The number of likely N-dealkylation sites (tertiary alicyclic amines) is 1. The number of aromatic amines is 1. The summed E-state index contributed by atoms with van der Waals surface area (Å²) in [7, 11) is 0. The van der Waals surface area contributed by atoms with Gasteiger partial charge in [-0.05, 0) is 6.42 Å². The van der Waals surface area contributed by atoms with E-state index in [0.717, 1.165) is 6.42 Å². The van der Waals surface area contributed by atoms with E-state index in [1.54, 1.807) is 4.90 Å². The first-order valence-corrected chi connectivity index (χ1v) is 5.74. The van der Waals surface area contributed by atoms with Crippen molar-refractivity contribution in [1.82, 2.24) is 14.9 Å². The molecular weight excluding hydrogens is 220 g/mol. The fourth-order valence-electron chi connectivity index (χ4n) is 1.95. The van der Waals surface area contributed by atoms with Crippen molar-refractivity contribution in [3.05, 3.63) is 22.1 Å². The Morgan fingerprint density at radius 3 is 2.94 bits per heavy atom. The summed E-state index contributed by atoms with van der Waals surface area (Å²) in [4.78, 5) is 31.0. The molecule has 1 aliphatic heterocycles.